The highest BCUT2D eigenvalue weighted by Gasteiger charge is 2.18. The Kier molecular flexibility index (Phi) is 4.13. The Morgan fingerprint density at radius 2 is 1.87 bits per heavy atom. The van der Waals surface area contributed by atoms with Crippen molar-refractivity contribution in [3.05, 3.63) is 46.1 Å². The summed E-state index contributed by atoms with van der Waals surface area (Å²) < 4.78 is 32.8. The summed E-state index contributed by atoms with van der Waals surface area (Å²) in [7, 11) is -3.68. The van der Waals surface area contributed by atoms with Crippen LogP contribution in [0.2, 0.25) is 5.02 Å². The third-order valence-electron chi connectivity index (χ3n) is 3.02. The highest BCUT2D eigenvalue weighted by molar-refractivity contribution is 7.92. The maximum absolute atomic E-state index is 12.4. The predicted octanol–water partition coefficient (Wildman–Crippen LogP) is 3.87. The molecule has 1 N–H and O–H groups in total. The van der Waals surface area contributed by atoms with Crippen molar-refractivity contribution in [1.82, 2.24) is 10.2 Å². The molecule has 3 aromatic rings. The Hall–Kier alpha value is -1.90. The molecule has 0 atom stereocenters. The number of benzene rings is 1. The molecule has 23 heavy (non-hydrogen) atoms. The third-order valence-corrected chi connectivity index (χ3v) is 5.69. The average Bonchev–Trinajstić information content (AvgIpc) is 3.06. The lowest BCUT2D eigenvalue weighted by atomic mass is 10.4. The van der Waals surface area contributed by atoms with Crippen LogP contribution in [0.1, 0.15) is 10.8 Å². The number of anilines is 1. The zero-order valence-electron chi connectivity index (χ0n) is 12.2. The van der Waals surface area contributed by atoms with Crippen LogP contribution >= 0.6 is 22.9 Å². The maximum atomic E-state index is 12.4. The Balaban J connectivity index is 1.91. The second kappa shape index (κ2) is 5.95. The molecule has 120 valence electrons. The molecule has 9 heteroatoms. The summed E-state index contributed by atoms with van der Waals surface area (Å²) in [5, 5.41) is 8.18. The molecule has 0 saturated heterocycles. The van der Waals surface area contributed by atoms with Crippen LogP contribution in [0.15, 0.2) is 39.6 Å². The lowest BCUT2D eigenvalue weighted by Gasteiger charge is -2.07. The van der Waals surface area contributed by atoms with E-state index in [4.69, 9.17) is 16.0 Å². The molecule has 0 bridgehead atoms. The molecule has 2 heterocycles. The predicted molar refractivity (Wildman–Crippen MR) is 89.3 cm³/mol. The summed E-state index contributed by atoms with van der Waals surface area (Å²) >= 11 is 7.16. The molecule has 0 spiro atoms. The van der Waals surface area contributed by atoms with E-state index in [1.807, 2.05) is 6.92 Å². The average molecular weight is 370 g/mol. The number of rotatable bonds is 4. The second-order valence-electron chi connectivity index (χ2n) is 4.77. The number of halogens is 1. The Morgan fingerprint density at radius 1 is 1.17 bits per heavy atom. The minimum Gasteiger partial charge on any atom is -0.420 e. The van der Waals surface area contributed by atoms with Crippen LogP contribution in [0.4, 0.5) is 5.69 Å². The van der Waals surface area contributed by atoms with Gasteiger partial charge < -0.3 is 4.42 Å². The van der Waals surface area contributed by atoms with Crippen molar-refractivity contribution in [1.29, 1.82) is 0 Å². The van der Waals surface area contributed by atoms with E-state index in [1.54, 1.807) is 13.0 Å². The summed E-state index contributed by atoms with van der Waals surface area (Å²) in [4.78, 5) is 1.65. The van der Waals surface area contributed by atoms with E-state index in [0.29, 0.717) is 27.4 Å². The fraction of sp³-hybridized carbons (Fsp3) is 0.143. The standard InChI is InChI=1S/C14H12ClN3O3S2/c1-8-12(7-13(22-8)14-17-16-9(2)21-14)18-23(19,20)11-5-3-10(15)4-6-11/h3-7,18H,1-2H3. The summed E-state index contributed by atoms with van der Waals surface area (Å²) in [6.07, 6.45) is 0. The van der Waals surface area contributed by atoms with E-state index >= 15 is 0 Å². The first-order chi connectivity index (χ1) is 10.8. The van der Waals surface area contributed by atoms with Crippen LogP contribution in [0.25, 0.3) is 10.8 Å². The summed E-state index contributed by atoms with van der Waals surface area (Å²) in [5.74, 6) is 0.821. The molecule has 2 aromatic heterocycles. The topological polar surface area (TPSA) is 85.1 Å². The monoisotopic (exact) mass is 369 g/mol. The number of aromatic nitrogens is 2. The Labute approximate surface area is 142 Å². The molecule has 0 unspecified atom stereocenters. The smallest absolute Gasteiger partial charge is 0.261 e. The molecule has 1 aromatic carbocycles. The van der Waals surface area contributed by atoms with Crippen LogP contribution < -0.4 is 4.72 Å². The van der Waals surface area contributed by atoms with E-state index in [-0.39, 0.29) is 4.90 Å². The van der Waals surface area contributed by atoms with Gasteiger partial charge in [0.1, 0.15) is 0 Å². The molecule has 0 radical (unpaired) electrons. The van der Waals surface area contributed by atoms with E-state index in [1.165, 1.54) is 35.6 Å². The minimum atomic E-state index is -3.68. The number of nitrogens with zero attached hydrogens (tertiary/aromatic N) is 2. The zero-order valence-corrected chi connectivity index (χ0v) is 14.6. The normalized spacial score (nSPS) is 11.6. The molecular weight excluding hydrogens is 358 g/mol. The number of thiophene rings is 1. The molecule has 6 nitrogen and oxygen atoms in total. The van der Waals surface area contributed by atoms with Gasteiger partial charge in [-0.15, -0.1) is 21.5 Å². The Morgan fingerprint density at radius 3 is 2.48 bits per heavy atom. The first kappa shape index (κ1) is 16.0. The van der Waals surface area contributed by atoms with Gasteiger partial charge in [0, 0.05) is 16.8 Å². The van der Waals surface area contributed by atoms with E-state index in [9.17, 15) is 8.42 Å². The third kappa shape index (κ3) is 3.39. The van der Waals surface area contributed by atoms with Gasteiger partial charge in [-0.3, -0.25) is 4.72 Å². The van der Waals surface area contributed by atoms with Crippen LogP contribution in [0.5, 0.6) is 0 Å². The fourth-order valence-electron chi connectivity index (χ4n) is 1.90. The highest BCUT2D eigenvalue weighted by Crippen LogP contribution is 2.34. The van der Waals surface area contributed by atoms with Crippen molar-refractivity contribution < 1.29 is 12.8 Å². The van der Waals surface area contributed by atoms with Crippen LogP contribution in [-0.2, 0) is 10.0 Å². The number of hydrogen-bond donors (Lipinski definition) is 1. The van der Waals surface area contributed by atoms with Crippen molar-refractivity contribution in [2.24, 2.45) is 0 Å². The van der Waals surface area contributed by atoms with Crippen LogP contribution in [-0.4, -0.2) is 18.6 Å². The van der Waals surface area contributed by atoms with E-state index < -0.39 is 10.0 Å². The molecule has 0 aliphatic rings. The molecule has 0 aliphatic carbocycles. The van der Waals surface area contributed by atoms with Crippen molar-refractivity contribution in [2.75, 3.05) is 4.72 Å². The molecule has 3 rings (SSSR count). The first-order valence-electron chi connectivity index (χ1n) is 6.54. The van der Waals surface area contributed by atoms with Gasteiger partial charge in [0.05, 0.1) is 15.5 Å². The van der Waals surface area contributed by atoms with Crippen molar-refractivity contribution in [3.63, 3.8) is 0 Å². The number of hydrogen-bond acceptors (Lipinski definition) is 6. The molecule has 0 fully saturated rings. The fourth-order valence-corrected chi connectivity index (χ4v) is 4.10. The maximum Gasteiger partial charge on any atom is 0.261 e. The van der Waals surface area contributed by atoms with Gasteiger partial charge in [-0.25, -0.2) is 8.42 Å². The Bertz CT molecular complexity index is 946. The minimum absolute atomic E-state index is 0.141. The lowest BCUT2D eigenvalue weighted by Crippen LogP contribution is -2.12. The van der Waals surface area contributed by atoms with E-state index in [0.717, 1.165) is 4.88 Å². The van der Waals surface area contributed by atoms with Gasteiger partial charge in [0.15, 0.2) is 0 Å². The van der Waals surface area contributed by atoms with Gasteiger partial charge in [-0.1, -0.05) is 11.6 Å². The van der Waals surface area contributed by atoms with E-state index in [2.05, 4.69) is 14.9 Å². The molecule has 0 aliphatic heterocycles. The SMILES string of the molecule is Cc1nnc(-c2cc(NS(=O)(=O)c3ccc(Cl)cc3)c(C)s2)o1. The highest BCUT2D eigenvalue weighted by atomic mass is 35.5. The first-order valence-corrected chi connectivity index (χ1v) is 9.22. The van der Waals surface area contributed by atoms with Crippen molar-refractivity contribution >= 4 is 38.6 Å². The quantitative estimate of drug-likeness (QED) is 0.754. The van der Waals surface area contributed by atoms with Gasteiger partial charge in [0.25, 0.3) is 15.9 Å². The van der Waals surface area contributed by atoms with Gasteiger partial charge >= 0.3 is 0 Å². The largest absolute Gasteiger partial charge is 0.420 e. The number of nitrogens with one attached hydrogen (secondary N) is 1. The van der Waals surface area contributed by atoms with Crippen LogP contribution in [0.3, 0.4) is 0 Å². The summed E-state index contributed by atoms with van der Waals surface area (Å²) in [6.45, 7) is 3.51. The summed E-state index contributed by atoms with van der Waals surface area (Å²) in [6, 6.07) is 7.65. The van der Waals surface area contributed by atoms with Crippen molar-refractivity contribution in [2.45, 2.75) is 18.7 Å². The lowest BCUT2D eigenvalue weighted by molar-refractivity contribution is 0.534. The molecule has 0 amide bonds. The zero-order chi connectivity index (χ0) is 16.6. The number of aryl methyl sites for hydroxylation is 2. The molecule has 0 saturated carbocycles. The summed E-state index contributed by atoms with van der Waals surface area (Å²) in [5.41, 5.74) is 0.482. The number of sulfonamides is 1. The van der Waals surface area contributed by atoms with Gasteiger partial charge in [0.2, 0.25) is 5.89 Å². The second-order valence-corrected chi connectivity index (χ2v) is 8.14. The molecular formula is C14H12ClN3O3S2. The van der Waals surface area contributed by atoms with Crippen molar-refractivity contribution in [3.8, 4) is 10.8 Å². The van der Waals surface area contributed by atoms with Crippen LogP contribution in [0, 0.1) is 13.8 Å². The van der Waals surface area contributed by atoms with Gasteiger partial charge in [-0.2, -0.15) is 0 Å². The van der Waals surface area contributed by atoms with Gasteiger partial charge in [-0.05, 0) is 37.3 Å².